The van der Waals surface area contributed by atoms with E-state index in [1.54, 1.807) is 13.3 Å². The summed E-state index contributed by atoms with van der Waals surface area (Å²) < 4.78 is 10.5. The van der Waals surface area contributed by atoms with E-state index in [0.717, 1.165) is 18.7 Å². The average molecular weight is 433 g/mol. The number of hydrogen-bond donors (Lipinski definition) is 2. The number of halogens is 1. The molecule has 2 N–H and O–H groups in total. The number of aliphatic imine (C=N–C) groups is 1. The van der Waals surface area contributed by atoms with Gasteiger partial charge >= 0.3 is 0 Å². The second kappa shape index (κ2) is 8.90. The SMILES string of the molecule is CN=C(NCCc1ccco1)NCc1noc(C(C)(C)C)n1.I. The van der Waals surface area contributed by atoms with Gasteiger partial charge in [-0.05, 0) is 12.1 Å². The maximum absolute atomic E-state index is 5.28. The Morgan fingerprint density at radius 2 is 2.09 bits per heavy atom. The highest BCUT2D eigenvalue weighted by Gasteiger charge is 2.21. The van der Waals surface area contributed by atoms with E-state index in [4.69, 9.17) is 8.94 Å². The second-order valence-electron chi connectivity index (χ2n) is 5.95. The van der Waals surface area contributed by atoms with Crippen LogP contribution in [0.25, 0.3) is 0 Å². The number of aromatic nitrogens is 2. The minimum atomic E-state index is -0.145. The van der Waals surface area contributed by atoms with Gasteiger partial charge in [-0.2, -0.15) is 4.98 Å². The third-order valence-electron chi connectivity index (χ3n) is 2.99. The fraction of sp³-hybridized carbons (Fsp3) is 0.533. The van der Waals surface area contributed by atoms with Crippen LogP contribution in [0, 0.1) is 0 Å². The van der Waals surface area contributed by atoms with E-state index in [9.17, 15) is 0 Å². The van der Waals surface area contributed by atoms with Crippen molar-refractivity contribution in [3.8, 4) is 0 Å². The van der Waals surface area contributed by atoms with Crippen molar-refractivity contribution in [3.63, 3.8) is 0 Å². The van der Waals surface area contributed by atoms with Crippen LogP contribution in [0.1, 0.15) is 38.2 Å². The molecule has 0 aliphatic rings. The third kappa shape index (κ3) is 6.20. The van der Waals surface area contributed by atoms with Crippen LogP contribution < -0.4 is 10.6 Å². The van der Waals surface area contributed by atoms with E-state index in [1.807, 2.05) is 32.9 Å². The molecule has 0 aromatic carbocycles. The van der Waals surface area contributed by atoms with E-state index in [-0.39, 0.29) is 29.4 Å². The van der Waals surface area contributed by atoms with Gasteiger partial charge in [-0.25, -0.2) is 0 Å². The van der Waals surface area contributed by atoms with Gasteiger partial charge in [0, 0.05) is 25.4 Å². The van der Waals surface area contributed by atoms with Crippen molar-refractivity contribution in [2.75, 3.05) is 13.6 Å². The van der Waals surface area contributed by atoms with E-state index >= 15 is 0 Å². The van der Waals surface area contributed by atoms with Crippen molar-refractivity contribution in [3.05, 3.63) is 35.9 Å². The van der Waals surface area contributed by atoms with Crippen molar-refractivity contribution in [1.29, 1.82) is 0 Å². The standard InChI is InChI=1S/C15H23N5O2.HI/c1-15(2,3)13-19-12(20-22-13)10-18-14(16-4)17-8-7-11-6-5-9-21-11;/h5-6,9H,7-8,10H2,1-4H3,(H2,16,17,18);1H. The molecule has 0 atom stereocenters. The molecule has 0 fully saturated rings. The summed E-state index contributed by atoms with van der Waals surface area (Å²) >= 11 is 0. The van der Waals surface area contributed by atoms with Gasteiger partial charge in [0.25, 0.3) is 0 Å². The molecule has 2 rings (SSSR count). The summed E-state index contributed by atoms with van der Waals surface area (Å²) in [5.74, 6) is 2.87. The summed E-state index contributed by atoms with van der Waals surface area (Å²) in [6, 6.07) is 3.83. The molecule has 0 radical (unpaired) electrons. The Kier molecular flexibility index (Phi) is 7.53. The van der Waals surface area contributed by atoms with E-state index in [0.29, 0.717) is 24.2 Å². The topological polar surface area (TPSA) is 88.5 Å². The Hall–Kier alpha value is -1.58. The fourth-order valence-corrected chi connectivity index (χ4v) is 1.77. The highest BCUT2D eigenvalue weighted by Crippen LogP contribution is 2.19. The van der Waals surface area contributed by atoms with Crippen molar-refractivity contribution < 1.29 is 8.94 Å². The van der Waals surface area contributed by atoms with E-state index in [1.165, 1.54) is 0 Å². The summed E-state index contributed by atoms with van der Waals surface area (Å²) in [4.78, 5) is 8.53. The fourth-order valence-electron chi connectivity index (χ4n) is 1.77. The van der Waals surface area contributed by atoms with Crippen molar-refractivity contribution in [2.45, 2.75) is 39.2 Å². The first-order valence-electron chi connectivity index (χ1n) is 7.29. The van der Waals surface area contributed by atoms with Gasteiger partial charge < -0.3 is 19.6 Å². The zero-order chi connectivity index (χ0) is 16.0. The second-order valence-corrected chi connectivity index (χ2v) is 5.95. The van der Waals surface area contributed by atoms with Gasteiger partial charge in [-0.15, -0.1) is 24.0 Å². The van der Waals surface area contributed by atoms with Gasteiger partial charge in [0.05, 0.1) is 12.8 Å². The Labute approximate surface area is 153 Å². The van der Waals surface area contributed by atoms with Gasteiger partial charge in [-0.1, -0.05) is 25.9 Å². The molecule has 0 spiro atoms. The van der Waals surface area contributed by atoms with Gasteiger partial charge in [0.15, 0.2) is 11.8 Å². The smallest absolute Gasteiger partial charge is 0.232 e. The van der Waals surface area contributed by atoms with Crippen LogP contribution in [0.5, 0.6) is 0 Å². The lowest BCUT2D eigenvalue weighted by atomic mass is 9.97. The maximum atomic E-state index is 5.28. The lowest BCUT2D eigenvalue weighted by Crippen LogP contribution is -2.38. The number of hydrogen-bond acceptors (Lipinski definition) is 5. The average Bonchev–Trinajstić information content (AvgIpc) is 3.13. The number of guanidine groups is 1. The van der Waals surface area contributed by atoms with Gasteiger partial charge in [0.2, 0.25) is 5.89 Å². The number of nitrogens with one attached hydrogen (secondary N) is 2. The molecule has 0 aliphatic carbocycles. The first-order chi connectivity index (χ1) is 10.5. The number of rotatable bonds is 5. The van der Waals surface area contributed by atoms with Crippen LogP contribution in [0.3, 0.4) is 0 Å². The molecule has 128 valence electrons. The molecule has 0 saturated carbocycles. The van der Waals surface area contributed by atoms with Gasteiger partial charge in [0.1, 0.15) is 5.76 Å². The predicted molar refractivity (Wildman–Crippen MR) is 99.0 cm³/mol. The minimum absolute atomic E-state index is 0. The summed E-state index contributed by atoms with van der Waals surface area (Å²) in [5.41, 5.74) is -0.145. The first kappa shape index (κ1) is 19.5. The molecular formula is C15H24IN5O2. The lowest BCUT2D eigenvalue weighted by molar-refractivity contribution is 0.318. The van der Waals surface area contributed by atoms with Crippen LogP contribution >= 0.6 is 24.0 Å². The first-order valence-corrected chi connectivity index (χ1v) is 7.29. The third-order valence-corrected chi connectivity index (χ3v) is 2.99. The van der Waals surface area contributed by atoms with E-state index in [2.05, 4.69) is 25.8 Å². The number of nitrogens with zero attached hydrogens (tertiary/aromatic N) is 3. The Balaban J connectivity index is 0.00000264. The molecule has 23 heavy (non-hydrogen) atoms. The summed E-state index contributed by atoms with van der Waals surface area (Å²) in [5, 5.41) is 10.3. The predicted octanol–water partition coefficient (Wildman–Crippen LogP) is 2.49. The summed E-state index contributed by atoms with van der Waals surface area (Å²) in [6.07, 6.45) is 2.47. The molecule has 0 amide bonds. The largest absolute Gasteiger partial charge is 0.469 e. The lowest BCUT2D eigenvalue weighted by Gasteiger charge is -2.11. The minimum Gasteiger partial charge on any atom is -0.469 e. The molecule has 8 heteroatoms. The van der Waals surface area contributed by atoms with E-state index < -0.39 is 0 Å². The molecule has 0 bridgehead atoms. The molecule has 7 nitrogen and oxygen atoms in total. The van der Waals surface area contributed by atoms with Crippen molar-refractivity contribution in [2.24, 2.45) is 4.99 Å². The monoisotopic (exact) mass is 433 g/mol. The van der Waals surface area contributed by atoms with Crippen molar-refractivity contribution >= 4 is 29.9 Å². The summed E-state index contributed by atoms with van der Waals surface area (Å²) in [6.45, 7) is 7.29. The highest BCUT2D eigenvalue weighted by molar-refractivity contribution is 14.0. The van der Waals surface area contributed by atoms with Crippen LogP contribution in [0.15, 0.2) is 32.3 Å². The molecule has 0 saturated heterocycles. The Morgan fingerprint density at radius 1 is 1.30 bits per heavy atom. The maximum Gasteiger partial charge on any atom is 0.232 e. The van der Waals surface area contributed by atoms with Crippen LogP contribution in [-0.4, -0.2) is 29.7 Å². The zero-order valence-electron chi connectivity index (χ0n) is 13.9. The molecule has 2 heterocycles. The van der Waals surface area contributed by atoms with Crippen LogP contribution in [0.2, 0.25) is 0 Å². The van der Waals surface area contributed by atoms with Crippen LogP contribution in [-0.2, 0) is 18.4 Å². The molecule has 2 aromatic heterocycles. The number of furan rings is 1. The van der Waals surface area contributed by atoms with Crippen LogP contribution in [0.4, 0.5) is 0 Å². The molecule has 0 aliphatic heterocycles. The zero-order valence-corrected chi connectivity index (χ0v) is 16.3. The van der Waals surface area contributed by atoms with Gasteiger partial charge in [-0.3, -0.25) is 4.99 Å². The Bertz CT molecular complexity index is 602. The quantitative estimate of drug-likeness (QED) is 0.428. The Morgan fingerprint density at radius 3 is 2.65 bits per heavy atom. The van der Waals surface area contributed by atoms with Crippen molar-refractivity contribution in [1.82, 2.24) is 20.8 Å². The normalized spacial score (nSPS) is 11.9. The molecular weight excluding hydrogens is 409 g/mol. The molecule has 0 unspecified atom stereocenters. The summed E-state index contributed by atoms with van der Waals surface area (Å²) in [7, 11) is 1.72. The highest BCUT2D eigenvalue weighted by atomic mass is 127. The molecule has 2 aromatic rings.